The van der Waals surface area contributed by atoms with E-state index in [-0.39, 0.29) is 16.7 Å². The zero-order valence-electron chi connectivity index (χ0n) is 14.3. The summed E-state index contributed by atoms with van der Waals surface area (Å²) in [6.07, 6.45) is 7.66. The molecule has 25 heavy (non-hydrogen) atoms. The summed E-state index contributed by atoms with van der Waals surface area (Å²) in [5, 5.41) is 0. The molecule has 0 bridgehead atoms. The first kappa shape index (κ1) is 18.0. The van der Waals surface area contributed by atoms with Crippen molar-refractivity contribution < 1.29 is 17.6 Å². The smallest absolute Gasteiger partial charge is 0.134 e. The zero-order valence-corrected chi connectivity index (χ0v) is 14.3. The van der Waals surface area contributed by atoms with Crippen molar-refractivity contribution in [3.63, 3.8) is 0 Å². The van der Waals surface area contributed by atoms with E-state index in [0.717, 1.165) is 18.6 Å². The van der Waals surface area contributed by atoms with Crippen LogP contribution in [0, 0.1) is 36.1 Å². The Hall–Kier alpha value is -1.84. The largest absolute Gasteiger partial charge is 0.207 e. The Balaban J connectivity index is 1.82. The highest BCUT2D eigenvalue weighted by molar-refractivity contribution is 5.66. The predicted octanol–water partition coefficient (Wildman–Crippen LogP) is 6.73. The highest BCUT2D eigenvalue weighted by Gasteiger charge is 2.18. The van der Waals surface area contributed by atoms with Gasteiger partial charge in [-0.25, -0.2) is 17.6 Å². The Labute approximate surface area is 145 Å². The van der Waals surface area contributed by atoms with Crippen LogP contribution in [0.5, 0.6) is 0 Å². The van der Waals surface area contributed by atoms with Crippen LogP contribution in [-0.4, -0.2) is 0 Å². The molecule has 134 valence electrons. The van der Waals surface area contributed by atoms with Crippen molar-refractivity contribution in [3.8, 4) is 11.1 Å². The van der Waals surface area contributed by atoms with E-state index in [1.807, 2.05) is 0 Å². The molecule has 1 fully saturated rings. The molecular formula is C21H22F4. The molecule has 0 spiro atoms. The zero-order chi connectivity index (χ0) is 18.0. The summed E-state index contributed by atoms with van der Waals surface area (Å²) >= 11 is 0. The van der Waals surface area contributed by atoms with Crippen LogP contribution in [0.4, 0.5) is 17.6 Å². The Morgan fingerprint density at radius 1 is 0.800 bits per heavy atom. The molecule has 0 aromatic heterocycles. The van der Waals surface area contributed by atoms with Crippen molar-refractivity contribution in [1.82, 2.24) is 0 Å². The fourth-order valence-electron chi connectivity index (χ4n) is 3.68. The van der Waals surface area contributed by atoms with E-state index in [9.17, 15) is 17.6 Å². The van der Waals surface area contributed by atoms with Gasteiger partial charge in [0.15, 0.2) is 0 Å². The summed E-state index contributed by atoms with van der Waals surface area (Å²) in [6, 6.07) is 4.52. The van der Waals surface area contributed by atoms with Crippen LogP contribution in [0.2, 0.25) is 0 Å². The van der Waals surface area contributed by atoms with Crippen molar-refractivity contribution in [2.75, 3.05) is 0 Å². The fourth-order valence-corrected chi connectivity index (χ4v) is 3.68. The predicted molar refractivity (Wildman–Crippen MR) is 91.3 cm³/mol. The molecule has 0 nitrogen and oxygen atoms in total. The van der Waals surface area contributed by atoms with Gasteiger partial charge < -0.3 is 0 Å². The Bertz CT molecular complexity index is 714. The lowest BCUT2D eigenvalue weighted by molar-refractivity contribution is 0.339. The molecule has 1 saturated carbocycles. The molecule has 0 unspecified atom stereocenters. The number of benzene rings is 2. The quantitative estimate of drug-likeness (QED) is 0.536. The summed E-state index contributed by atoms with van der Waals surface area (Å²) in [5.41, 5.74) is -0.0558. The highest BCUT2D eigenvalue weighted by Crippen LogP contribution is 2.32. The first-order valence-electron chi connectivity index (χ1n) is 8.89. The van der Waals surface area contributed by atoms with Gasteiger partial charge in [0.25, 0.3) is 0 Å². The molecule has 3 rings (SSSR count). The van der Waals surface area contributed by atoms with E-state index >= 15 is 0 Å². The first-order chi connectivity index (χ1) is 12.0. The van der Waals surface area contributed by atoms with Crippen molar-refractivity contribution in [3.05, 3.63) is 58.7 Å². The number of hydrogen-bond donors (Lipinski definition) is 0. The van der Waals surface area contributed by atoms with Gasteiger partial charge in [0.1, 0.15) is 23.3 Å². The SMILES string of the molecule is Cc1c(F)cc(-c2c(F)cc(CCC3CCCCC3)cc2F)cc1F. The number of halogens is 4. The summed E-state index contributed by atoms with van der Waals surface area (Å²) in [7, 11) is 0. The van der Waals surface area contributed by atoms with Gasteiger partial charge >= 0.3 is 0 Å². The lowest BCUT2D eigenvalue weighted by Gasteiger charge is -2.21. The maximum Gasteiger partial charge on any atom is 0.134 e. The molecule has 0 aliphatic heterocycles. The average molecular weight is 350 g/mol. The first-order valence-corrected chi connectivity index (χ1v) is 8.89. The minimum Gasteiger partial charge on any atom is -0.207 e. The number of hydrogen-bond acceptors (Lipinski definition) is 0. The van der Waals surface area contributed by atoms with E-state index in [4.69, 9.17) is 0 Å². The normalized spacial score (nSPS) is 15.6. The molecular weight excluding hydrogens is 328 g/mol. The molecule has 2 aromatic rings. The van der Waals surface area contributed by atoms with E-state index in [2.05, 4.69) is 0 Å². The van der Waals surface area contributed by atoms with E-state index in [1.165, 1.54) is 51.2 Å². The Morgan fingerprint density at radius 2 is 1.36 bits per heavy atom. The molecule has 1 aliphatic rings. The highest BCUT2D eigenvalue weighted by atomic mass is 19.1. The number of rotatable bonds is 4. The third kappa shape index (κ3) is 4.05. The molecule has 2 aromatic carbocycles. The fraction of sp³-hybridized carbons (Fsp3) is 0.429. The van der Waals surface area contributed by atoms with E-state index in [1.54, 1.807) is 0 Å². The standard InChI is InChI=1S/C21H22F4/c1-13-17(22)11-16(12-18(13)23)21-19(24)9-15(10-20(21)25)8-7-14-5-3-2-4-6-14/h9-12,14H,2-8H2,1H3. The van der Waals surface area contributed by atoms with Crippen LogP contribution >= 0.6 is 0 Å². The molecule has 0 amide bonds. The Morgan fingerprint density at radius 3 is 1.92 bits per heavy atom. The minimum atomic E-state index is -0.810. The van der Waals surface area contributed by atoms with E-state index < -0.39 is 23.3 Å². The van der Waals surface area contributed by atoms with Crippen molar-refractivity contribution in [2.45, 2.75) is 51.9 Å². The van der Waals surface area contributed by atoms with Gasteiger partial charge in [0.2, 0.25) is 0 Å². The Kier molecular flexibility index (Phi) is 5.45. The van der Waals surface area contributed by atoms with Gasteiger partial charge in [-0.15, -0.1) is 0 Å². The lowest BCUT2D eigenvalue weighted by Crippen LogP contribution is -2.07. The number of aryl methyl sites for hydroxylation is 1. The molecule has 1 aliphatic carbocycles. The third-order valence-electron chi connectivity index (χ3n) is 5.24. The second kappa shape index (κ2) is 7.59. The van der Waals surface area contributed by atoms with Gasteiger partial charge in [-0.1, -0.05) is 32.1 Å². The molecule has 0 radical (unpaired) electrons. The summed E-state index contributed by atoms with van der Waals surface area (Å²) in [6.45, 7) is 1.29. The maximum atomic E-state index is 14.4. The summed E-state index contributed by atoms with van der Waals surface area (Å²) < 4.78 is 56.3. The molecule has 0 atom stereocenters. The van der Waals surface area contributed by atoms with Gasteiger partial charge in [0, 0.05) is 5.56 Å². The topological polar surface area (TPSA) is 0 Å². The second-order valence-corrected chi connectivity index (χ2v) is 7.04. The third-order valence-corrected chi connectivity index (χ3v) is 5.24. The van der Waals surface area contributed by atoms with Crippen LogP contribution in [0.3, 0.4) is 0 Å². The maximum absolute atomic E-state index is 14.4. The van der Waals surface area contributed by atoms with Crippen molar-refractivity contribution in [1.29, 1.82) is 0 Å². The van der Waals surface area contributed by atoms with Crippen LogP contribution < -0.4 is 0 Å². The van der Waals surface area contributed by atoms with Crippen LogP contribution in [0.1, 0.15) is 49.7 Å². The van der Waals surface area contributed by atoms with Crippen LogP contribution in [0.25, 0.3) is 11.1 Å². The van der Waals surface area contributed by atoms with Crippen LogP contribution in [0.15, 0.2) is 24.3 Å². The van der Waals surface area contributed by atoms with E-state index in [0.29, 0.717) is 17.9 Å². The molecule has 0 heterocycles. The van der Waals surface area contributed by atoms with Crippen molar-refractivity contribution >= 4 is 0 Å². The average Bonchev–Trinajstić information content (AvgIpc) is 2.58. The molecule has 0 saturated heterocycles. The van der Waals surface area contributed by atoms with Crippen LogP contribution in [-0.2, 0) is 6.42 Å². The molecule has 4 heteroatoms. The second-order valence-electron chi connectivity index (χ2n) is 7.04. The van der Waals surface area contributed by atoms with Gasteiger partial charge in [-0.05, 0) is 61.1 Å². The van der Waals surface area contributed by atoms with Gasteiger partial charge in [0.05, 0.1) is 5.56 Å². The summed E-state index contributed by atoms with van der Waals surface area (Å²) in [5.74, 6) is -2.55. The summed E-state index contributed by atoms with van der Waals surface area (Å²) in [4.78, 5) is 0. The molecule has 0 N–H and O–H groups in total. The minimum absolute atomic E-state index is 0.116. The van der Waals surface area contributed by atoms with Gasteiger partial charge in [-0.3, -0.25) is 0 Å². The monoisotopic (exact) mass is 350 g/mol. The van der Waals surface area contributed by atoms with Gasteiger partial charge in [-0.2, -0.15) is 0 Å². The van der Waals surface area contributed by atoms with Crippen molar-refractivity contribution in [2.24, 2.45) is 5.92 Å². The lowest BCUT2D eigenvalue weighted by atomic mass is 9.85.